The predicted molar refractivity (Wildman–Crippen MR) is 173 cm³/mol. The molecule has 0 saturated heterocycles. The Hall–Kier alpha value is -4.46. The van der Waals surface area contributed by atoms with E-state index in [0.717, 1.165) is 4.47 Å². The van der Waals surface area contributed by atoms with Crippen molar-refractivity contribution in [3.05, 3.63) is 155 Å². The zero-order chi connectivity index (χ0) is 26.2. The van der Waals surface area contributed by atoms with E-state index in [9.17, 15) is 0 Å². The molecule has 0 radical (unpaired) electrons. The van der Waals surface area contributed by atoms with Crippen LogP contribution in [0, 0.1) is 0 Å². The Labute approximate surface area is 237 Å². The first-order chi connectivity index (χ1) is 19.2. The van der Waals surface area contributed by atoms with Crippen LogP contribution in [0.15, 0.2) is 144 Å². The Bertz CT molecular complexity index is 1960. The minimum absolute atomic E-state index is 1.09. The number of benzene rings is 7. The summed E-state index contributed by atoms with van der Waals surface area (Å²) in [6.45, 7) is 0. The molecule has 7 aromatic carbocycles. The second-order valence-electron chi connectivity index (χ2n) is 9.91. The Morgan fingerprint density at radius 2 is 0.923 bits per heavy atom. The first-order valence-corrected chi connectivity index (χ1v) is 14.0. The average Bonchev–Trinajstić information content (AvgIpc) is 2.99. The van der Waals surface area contributed by atoms with E-state index in [-0.39, 0.29) is 0 Å². The molecular formula is C38H25Br. The second-order valence-corrected chi connectivity index (χ2v) is 10.8. The van der Waals surface area contributed by atoms with Crippen molar-refractivity contribution < 1.29 is 0 Å². The number of hydrogen-bond donors (Lipinski definition) is 0. The first kappa shape index (κ1) is 23.6. The summed E-state index contributed by atoms with van der Waals surface area (Å²) >= 11 is 3.52. The van der Waals surface area contributed by atoms with Gasteiger partial charge in [0.15, 0.2) is 0 Å². The maximum atomic E-state index is 3.52. The Kier molecular flexibility index (Phi) is 6.07. The van der Waals surface area contributed by atoms with Gasteiger partial charge in [-0.05, 0) is 90.0 Å². The fourth-order valence-electron chi connectivity index (χ4n) is 5.66. The molecule has 0 aromatic heterocycles. The maximum absolute atomic E-state index is 3.52. The number of hydrogen-bond acceptors (Lipinski definition) is 0. The second kappa shape index (κ2) is 10.0. The highest BCUT2D eigenvalue weighted by molar-refractivity contribution is 9.10. The lowest BCUT2D eigenvalue weighted by molar-refractivity contribution is 1.61. The molecule has 0 aliphatic carbocycles. The highest BCUT2D eigenvalue weighted by atomic mass is 79.9. The van der Waals surface area contributed by atoms with Crippen LogP contribution in [-0.4, -0.2) is 0 Å². The van der Waals surface area contributed by atoms with E-state index in [1.54, 1.807) is 0 Å². The van der Waals surface area contributed by atoms with Gasteiger partial charge in [-0.15, -0.1) is 0 Å². The summed E-state index contributed by atoms with van der Waals surface area (Å²) in [5.74, 6) is 0. The molecule has 7 aromatic rings. The van der Waals surface area contributed by atoms with Gasteiger partial charge in [0.2, 0.25) is 0 Å². The standard InChI is InChI=1S/C38H25Br/c39-32-22-18-26(19-23-32)16-17-27-8-7-11-30(24-27)37-33-12-3-5-14-35(33)38(36-15-6-4-13-34(36)37)31-21-20-28-9-1-2-10-29(28)25-31/h1-25H/b17-16+. The molecule has 0 fully saturated rings. The lowest BCUT2D eigenvalue weighted by Gasteiger charge is -2.18. The first-order valence-electron chi connectivity index (χ1n) is 13.2. The van der Waals surface area contributed by atoms with E-state index in [0.29, 0.717) is 0 Å². The van der Waals surface area contributed by atoms with E-state index >= 15 is 0 Å². The smallest absolute Gasteiger partial charge is 0.0175 e. The minimum Gasteiger partial charge on any atom is -0.0616 e. The summed E-state index contributed by atoms with van der Waals surface area (Å²) in [5, 5.41) is 7.62. The molecule has 0 amide bonds. The highest BCUT2D eigenvalue weighted by Gasteiger charge is 2.16. The zero-order valence-corrected chi connectivity index (χ0v) is 22.9. The molecule has 184 valence electrons. The van der Waals surface area contributed by atoms with Crippen LogP contribution in [0.3, 0.4) is 0 Å². The molecule has 0 bridgehead atoms. The van der Waals surface area contributed by atoms with Crippen molar-refractivity contribution in [2.45, 2.75) is 0 Å². The van der Waals surface area contributed by atoms with E-state index in [2.05, 4.69) is 168 Å². The molecule has 39 heavy (non-hydrogen) atoms. The van der Waals surface area contributed by atoms with Gasteiger partial charge in [0.05, 0.1) is 0 Å². The molecule has 0 spiro atoms. The fourth-order valence-corrected chi connectivity index (χ4v) is 5.92. The van der Waals surface area contributed by atoms with E-state index in [4.69, 9.17) is 0 Å². The third kappa shape index (κ3) is 4.46. The Morgan fingerprint density at radius 3 is 1.56 bits per heavy atom. The zero-order valence-electron chi connectivity index (χ0n) is 21.3. The van der Waals surface area contributed by atoms with Gasteiger partial charge in [-0.3, -0.25) is 0 Å². The normalized spacial score (nSPS) is 11.6. The van der Waals surface area contributed by atoms with Crippen molar-refractivity contribution in [2.24, 2.45) is 0 Å². The van der Waals surface area contributed by atoms with Gasteiger partial charge in [0.25, 0.3) is 0 Å². The van der Waals surface area contributed by atoms with Crippen LogP contribution in [0.1, 0.15) is 11.1 Å². The van der Waals surface area contributed by atoms with Crippen molar-refractivity contribution in [1.29, 1.82) is 0 Å². The van der Waals surface area contributed by atoms with Crippen molar-refractivity contribution >= 4 is 60.4 Å². The number of rotatable bonds is 4. The van der Waals surface area contributed by atoms with Gasteiger partial charge < -0.3 is 0 Å². The van der Waals surface area contributed by atoms with Crippen molar-refractivity contribution in [2.75, 3.05) is 0 Å². The van der Waals surface area contributed by atoms with E-state index in [1.807, 2.05) is 0 Å². The maximum Gasteiger partial charge on any atom is 0.0175 e. The summed E-state index contributed by atoms with van der Waals surface area (Å²) in [6.07, 6.45) is 4.37. The van der Waals surface area contributed by atoms with E-state index < -0.39 is 0 Å². The third-order valence-corrected chi connectivity index (χ3v) is 8.01. The summed E-state index contributed by atoms with van der Waals surface area (Å²) in [4.78, 5) is 0. The molecular weight excluding hydrogens is 536 g/mol. The number of fused-ring (bicyclic) bond motifs is 3. The van der Waals surface area contributed by atoms with Crippen LogP contribution >= 0.6 is 15.9 Å². The molecule has 7 rings (SSSR count). The minimum atomic E-state index is 1.09. The molecule has 0 aliphatic heterocycles. The molecule has 0 aliphatic rings. The number of halogens is 1. The summed E-state index contributed by atoms with van der Waals surface area (Å²) < 4.78 is 1.09. The van der Waals surface area contributed by atoms with Crippen LogP contribution < -0.4 is 0 Å². The quantitative estimate of drug-likeness (QED) is 0.148. The lowest BCUT2D eigenvalue weighted by Crippen LogP contribution is -1.91. The van der Waals surface area contributed by atoms with E-state index in [1.165, 1.54) is 65.7 Å². The monoisotopic (exact) mass is 560 g/mol. The van der Waals surface area contributed by atoms with Gasteiger partial charge in [-0.2, -0.15) is 0 Å². The molecule has 0 N–H and O–H groups in total. The summed E-state index contributed by atoms with van der Waals surface area (Å²) in [6, 6.07) is 50.4. The predicted octanol–water partition coefficient (Wildman–Crippen LogP) is 11.4. The van der Waals surface area contributed by atoms with Crippen molar-refractivity contribution in [1.82, 2.24) is 0 Å². The van der Waals surface area contributed by atoms with Gasteiger partial charge in [-0.25, -0.2) is 0 Å². The van der Waals surface area contributed by atoms with Gasteiger partial charge in [0.1, 0.15) is 0 Å². The summed E-state index contributed by atoms with van der Waals surface area (Å²) in [7, 11) is 0. The van der Waals surface area contributed by atoms with Gasteiger partial charge in [0, 0.05) is 4.47 Å². The fraction of sp³-hybridized carbons (Fsp3) is 0. The summed E-state index contributed by atoms with van der Waals surface area (Å²) in [5.41, 5.74) is 7.41. The van der Waals surface area contributed by atoms with Crippen LogP contribution in [-0.2, 0) is 0 Å². The largest absolute Gasteiger partial charge is 0.0616 e. The highest BCUT2D eigenvalue weighted by Crippen LogP contribution is 2.44. The molecule has 0 atom stereocenters. The molecule has 0 nitrogen and oxygen atoms in total. The van der Waals surface area contributed by atoms with Crippen molar-refractivity contribution in [3.8, 4) is 22.3 Å². The van der Waals surface area contributed by atoms with Crippen LogP contribution in [0.5, 0.6) is 0 Å². The van der Waals surface area contributed by atoms with Crippen LogP contribution in [0.2, 0.25) is 0 Å². The lowest BCUT2D eigenvalue weighted by atomic mass is 9.85. The van der Waals surface area contributed by atoms with Crippen LogP contribution in [0.25, 0.3) is 66.7 Å². The van der Waals surface area contributed by atoms with Gasteiger partial charge >= 0.3 is 0 Å². The third-order valence-electron chi connectivity index (χ3n) is 7.48. The van der Waals surface area contributed by atoms with Gasteiger partial charge in [-0.1, -0.05) is 143 Å². The molecule has 0 saturated carbocycles. The average molecular weight is 562 g/mol. The molecule has 0 heterocycles. The Balaban J connectivity index is 1.44. The molecule has 1 heteroatoms. The van der Waals surface area contributed by atoms with Crippen LogP contribution in [0.4, 0.5) is 0 Å². The topological polar surface area (TPSA) is 0 Å². The van der Waals surface area contributed by atoms with Crippen molar-refractivity contribution in [3.63, 3.8) is 0 Å². The molecule has 0 unspecified atom stereocenters. The SMILES string of the molecule is Brc1ccc(/C=C/c2cccc(-c3c4ccccc4c(-c4ccc5ccccc5c4)c4ccccc34)c2)cc1. The Morgan fingerprint density at radius 1 is 0.385 bits per heavy atom.